The molecule has 1 aromatic heterocycles. The van der Waals surface area contributed by atoms with E-state index in [-0.39, 0.29) is 22.1 Å². The number of benzene rings is 2. The molecular formula is C19H17F2N3O3S. The summed E-state index contributed by atoms with van der Waals surface area (Å²) in [5.41, 5.74) is 0.0935. The van der Waals surface area contributed by atoms with Crippen molar-refractivity contribution >= 4 is 15.9 Å². The maximum Gasteiger partial charge on any atom is 0.285 e. The van der Waals surface area contributed by atoms with Gasteiger partial charge in [0.25, 0.3) is 15.9 Å². The first-order chi connectivity index (χ1) is 13.1. The summed E-state index contributed by atoms with van der Waals surface area (Å²) in [7, 11) is -2.65. The van der Waals surface area contributed by atoms with Gasteiger partial charge >= 0.3 is 0 Å². The molecule has 0 aliphatic heterocycles. The van der Waals surface area contributed by atoms with Gasteiger partial charge in [0, 0.05) is 12.7 Å². The Bertz CT molecular complexity index is 1170. The summed E-state index contributed by atoms with van der Waals surface area (Å²) in [6, 6.07) is 9.55. The number of nitrogens with zero attached hydrogens (tertiary/aromatic N) is 2. The smallest absolute Gasteiger partial charge is 0.285 e. The lowest BCUT2D eigenvalue weighted by Crippen LogP contribution is -2.31. The van der Waals surface area contributed by atoms with Gasteiger partial charge in [0.1, 0.15) is 17.5 Å². The van der Waals surface area contributed by atoms with E-state index in [9.17, 15) is 22.0 Å². The van der Waals surface area contributed by atoms with Gasteiger partial charge < -0.3 is 4.57 Å². The van der Waals surface area contributed by atoms with E-state index in [4.69, 9.17) is 0 Å². The fraction of sp³-hybridized carbons (Fsp3) is 0.158. The summed E-state index contributed by atoms with van der Waals surface area (Å²) < 4.78 is 56.6. The molecule has 0 saturated heterocycles. The summed E-state index contributed by atoms with van der Waals surface area (Å²) in [6.45, 7) is 3.11. The van der Waals surface area contributed by atoms with E-state index < -0.39 is 33.1 Å². The van der Waals surface area contributed by atoms with Crippen LogP contribution in [0.2, 0.25) is 0 Å². The molecule has 3 aromatic rings. The van der Waals surface area contributed by atoms with E-state index in [1.807, 2.05) is 4.72 Å². The van der Waals surface area contributed by atoms with Crippen molar-refractivity contribution in [2.45, 2.75) is 18.7 Å². The Hall–Kier alpha value is -3.07. The summed E-state index contributed by atoms with van der Waals surface area (Å²) in [6.07, 6.45) is 0. The van der Waals surface area contributed by atoms with Crippen LogP contribution in [-0.2, 0) is 17.1 Å². The summed E-state index contributed by atoms with van der Waals surface area (Å²) in [5, 5.41) is 0. The van der Waals surface area contributed by atoms with Crippen LogP contribution in [0.5, 0.6) is 0 Å². The highest BCUT2D eigenvalue weighted by Crippen LogP contribution is 2.27. The number of halogens is 2. The van der Waals surface area contributed by atoms with Crippen molar-refractivity contribution < 1.29 is 22.0 Å². The number of hydrogen-bond acceptors (Lipinski definition) is 4. The monoisotopic (exact) mass is 405 g/mol. The molecule has 0 saturated carbocycles. The number of nitrogens with one attached hydrogen (secondary N) is 1. The lowest BCUT2D eigenvalue weighted by atomic mass is 10.2. The molecule has 0 unspecified atom stereocenters. The predicted molar refractivity (Wildman–Crippen MR) is 99.1 cm³/mol. The zero-order valence-corrected chi connectivity index (χ0v) is 16.1. The molecule has 0 bridgehead atoms. The van der Waals surface area contributed by atoms with Crippen molar-refractivity contribution in [3.8, 4) is 11.4 Å². The summed E-state index contributed by atoms with van der Waals surface area (Å²) >= 11 is 0. The number of aryl methyl sites for hydroxylation is 1. The van der Waals surface area contributed by atoms with Crippen LogP contribution >= 0.6 is 0 Å². The van der Waals surface area contributed by atoms with E-state index in [2.05, 4.69) is 4.98 Å². The Balaban J connectivity index is 2.02. The second kappa shape index (κ2) is 7.16. The van der Waals surface area contributed by atoms with Crippen molar-refractivity contribution in [3.05, 3.63) is 71.1 Å². The number of carbonyl (C=O) groups excluding carboxylic acids is 1. The number of amides is 1. The average Bonchev–Trinajstić information content (AvgIpc) is 2.90. The molecule has 3 rings (SSSR count). The molecule has 6 nitrogen and oxygen atoms in total. The third-order valence-corrected chi connectivity index (χ3v) is 5.88. The van der Waals surface area contributed by atoms with Crippen molar-refractivity contribution in [1.29, 1.82) is 0 Å². The number of sulfonamides is 1. The molecule has 28 heavy (non-hydrogen) atoms. The molecule has 0 aliphatic carbocycles. The molecule has 0 spiro atoms. The van der Waals surface area contributed by atoms with E-state index in [1.54, 1.807) is 19.1 Å². The molecule has 1 N–H and O–H groups in total. The molecule has 0 fully saturated rings. The third kappa shape index (κ3) is 3.40. The van der Waals surface area contributed by atoms with Crippen LogP contribution in [0.1, 0.15) is 21.7 Å². The van der Waals surface area contributed by atoms with E-state index >= 15 is 0 Å². The molecule has 0 atom stereocenters. The van der Waals surface area contributed by atoms with Crippen LogP contribution < -0.4 is 4.72 Å². The van der Waals surface area contributed by atoms with Gasteiger partial charge in [-0.05, 0) is 37.6 Å². The zero-order chi connectivity index (χ0) is 20.6. The fourth-order valence-electron chi connectivity index (χ4n) is 2.81. The molecule has 1 heterocycles. The van der Waals surface area contributed by atoms with E-state index in [0.717, 1.165) is 12.1 Å². The number of hydrogen-bond donors (Lipinski definition) is 1. The Morgan fingerprint density at radius 1 is 1.04 bits per heavy atom. The zero-order valence-electron chi connectivity index (χ0n) is 15.3. The average molecular weight is 405 g/mol. The minimum Gasteiger partial charge on any atom is -0.330 e. The highest BCUT2D eigenvalue weighted by Gasteiger charge is 2.26. The quantitative estimate of drug-likeness (QED) is 0.723. The molecule has 2 aromatic carbocycles. The van der Waals surface area contributed by atoms with Gasteiger partial charge in [0.05, 0.1) is 10.5 Å². The van der Waals surface area contributed by atoms with Gasteiger partial charge in [0.2, 0.25) is 0 Å². The third-order valence-electron chi connectivity index (χ3n) is 4.39. The van der Waals surface area contributed by atoms with Crippen molar-refractivity contribution in [3.63, 3.8) is 0 Å². The fourth-order valence-corrected chi connectivity index (χ4v) is 4.01. The normalized spacial score (nSPS) is 11.5. The Morgan fingerprint density at radius 2 is 1.64 bits per heavy atom. The molecule has 146 valence electrons. The molecular weight excluding hydrogens is 388 g/mol. The topological polar surface area (TPSA) is 81.1 Å². The highest BCUT2D eigenvalue weighted by atomic mass is 32.2. The van der Waals surface area contributed by atoms with Crippen LogP contribution in [0.25, 0.3) is 11.4 Å². The molecule has 0 radical (unpaired) electrons. The maximum atomic E-state index is 14.1. The summed E-state index contributed by atoms with van der Waals surface area (Å²) in [4.78, 5) is 16.5. The van der Waals surface area contributed by atoms with Gasteiger partial charge in [-0.25, -0.2) is 26.9 Å². The molecule has 0 aliphatic rings. The number of rotatable bonds is 4. The number of carbonyl (C=O) groups is 1. The second-order valence-corrected chi connectivity index (χ2v) is 7.88. The standard InChI is InChI=1S/C19H17F2N3O3S/c1-11-7-4-5-10-15(11)28(26,27)23-19(25)17-12(2)24(3)18(22-17)16-13(20)8-6-9-14(16)21/h4-10H,1-3H3,(H,23,25). The lowest BCUT2D eigenvalue weighted by Gasteiger charge is -2.08. The van der Waals surface area contributed by atoms with Crippen LogP contribution in [-0.4, -0.2) is 23.9 Å². The minimum atomic E-state index is -4.14. The Kier molecular flexibility index (Phi) is 5.03. The van der Waals surface area contributed by atoms with Crippen molar-refractivity contribution in [2.75, 3.05) is 0 Å². The first-order valence-corrected chi connectivity index (χ1v) is 9.72. The van der Waals surface area contributed by atoms with E-state index in [1.165, 1.54) is 36.7 Å². The Labute approximate surface area is 160 Å². The largest absolute Gasteiger partial charge is 0.330 e. The first kappa shape index (κ1) is 19.7. The van der Waals surface area contributed by atoms with Crippen LogP contribution in [0.4, 0.5) is 8.78 Å². The Morgan fingerprint density at radius 3 is 2.25 bits per heavy atom. The summed E-state index contributed by atoms with van der Waals surface area (Å²) in [5.74, 6) is -2.79. The molecule has 1 amide bonds. The minimum absolute atomic E-state index is 0.0442. The number of imidazole rings is 1. The van der Waals surface area contributed by atoms with Gasteiger partial charge in [-0.2, -0.15) is 0 Å². The van der Waals surface area contributed by atoms with Gasteiger partial charge in [0.15, 0.2) is 5.69 Å². The predicted octanol–water partition coefficient (Wildman–Crippen LogP) is 3.10. The lowest BCUT2D eigenvalue weighted by molar-refractivity contribution is 0.0976. The van der Waals surface area contributed by atoms with Crippen LogP contribution in [0.3, 0.4) is 0 Å². The SMILES string of the molecule is Cc1ccccc1S(=O)(=O)NC(=O)c1nc(-c2c(F)cccc2F)n(C)c1C. The van der Waals surface area contributed by atoms with Crippen LogP contribution in [0, 0.1) is 25.5 Å². The van der Waals surface area contributed by atoms with Gasteiger partial charge in [-0.3, -0.25) is 4.79 Å². The van der Waals surface area contributed by atoms with Crippen LogP contribution in [0.15, 0.2) is 47.4 Å². The first-order valence-electron chi connectivity index (χ1n) is 8.24. The number of aromatic nitrogens is 2. The molecule has 9 heteroatoms. The van der Waals surface area contributed by atoms with Gasteiger partial charge in [-0.15, -0.1) is 0 Å². The van der Waals surface area contributed by atoms with Crippen molar-refractivity contribution in [1.82, 2.24) is 14.3 Å². The maximum absolute atomic E-state index is 14.1. The van der Waals surface area contributed by atoms with E-state index in [0.29, 0.717) is 5.56 Å². The second-order valence-electron chi connectivity index (χ2n) is 6.23. The van der Waals surface area contributed by atoms with Gasteiger partial charge in [-0.1, -0.05) is 24.3 Å². The van der Waals surface area contributed by atoms with Crippen molar-refractivity contribution in [2.24, 2.45) is 7.05 Å². The highest BCUT2D eigenvalue weighted by molar-refractivity contribution is 7.90.